The lowest BCUT2D eigenvalue weighted by molar-refractivity contribution is -0.120. The number of hydrogen-bond donors (Lipinski definition) is 3. The Hall–Kier alpha value is -1.63. The molecule has 0 aliphatic heterocycles. The van der Waals surface area contributed by atoms with Gasteiger partial charge in [-0.15, -0.1) is 0 Å². The molecule has 0 unspecified atom stereocenters. The van der Waals surface area contributed by atoms with Crippen molar-refractivity contribution in [3.63, 3.8) is 0 Å². The summed E-state index contributed by atoms with van der Waals surface area (Å²) in [5.41, 5.74) is 5.39. The van der Waals surface area contributed by atoms with E-state index in [0.29, 0.717) is 19.5 Å². The summed E-state index contributed by atoms with van der Waals surface area (Å²) < 4.78 is 0. The molecule has 0 spiro atoms. The van der Waals surface area contributed by atoms with Crippen LogP contribution in [0.15, 0.2) is 0 Å². The molecule has 0 aliphatic carbocycles. The Balaban J connectivity index is 2.33. The standard InChI is InChI=1S/C9H15ClN6O/c1-2-4-12-6(17)3-5-13-9-15-7(10)14-8(11)16-9/h2-5H2,1H3,(H,12,17)(H3,11,13,14,15,16). The summed E-state index contributed by atoms with van der Waals surface area (Å²) in [6.07, 6.45) is 1.25. The van der Waals surface area contributed by atoms with E-state index < -0.39 is 0 Å². The summed E-state index contributed by atoms with van der Waals surface area (Å²) >= 11 is 5.60. The van der Waals surface area contributed by atoms with Gasteiger partial charge in [-0.25, -0.2) is 0 Å². The van der Waals surface area contributed by atoms with Gasteiger partial charge in [0.1, 0.15) is 0 Å². The molecule has 8 heteroatoms. The maximum atomic E-state index is 11.3. The van der Waals surface area contributed by atoms with Crippen LogP contribution in [0, 0.1) is 0 Å². The zero-order chi connectivity index (χ0) is 12.7. The minimum absolute atomic E-state index is 0.0209. The lowest BCUT2D eigenvalue weighted by Crippen LogP contribution is -2.26. The Morgan fingerprint density at radius 1 is 1.35 bits per heavy atom. The van der Waals surface area contributed by atoms with E-state index in [0.717, 1.165) is 6.42 Å². The van der Waals surface area contributed by atoms with Crippen molar-refractivity contribution < 1.29 is 4.79 Å². The van der Waals surface area contributed by atoms with E-state index in [1.165, 1.54) is 0 Å². The van der Waals surface area contributed by atoms with Crippen LogP contribution in [-0.2, 0) is 4.79 Å². The van der Waals surface area contributed by atoms with Crippen molar-refractivity contribution >= 4 is 29.4 Å². The van der Waals surface area contributed by atoms with E-state index in [1.807, 2.05) is 6.92 Å². The van der Waals surface area contributed by atoms with Crippen LogP contribution in [0.5, 0.6) is 0 Å². The molecular formula is C9H15ClN6O. The molecule has 0 saturated heterocycles. The molecule has 0 atom stereocenters. The summed E-state index contributed by atoms with van der Waals surface area (Å²) in [4.78, 5) is 22.5. The highest BCUT2D eigenvalue weighted by Crippen LogP contribution is 2.06. The van der Waals surface area contributed by atoms with Crippen molar-refractivity contribution in [1.29, 1.82) is 0 Å². The number of carbonyl (C=O) groups is 1. The first-order valence-electron chi connectivity index (χ1n) is 5.29. The summed E-state index contributed by atoms with van der Waals surface area (Å²) in [7, 11) is 0. The van der Waals surface area contributed by atoms with E-state index in [-0.39, 0.29) is 23.1 Å². The van der Waals surface area contributed by atoms with E-state index in [9.17, 15) is 4.79 Å². The lowest BCUT2D eigenvalue weighted by Gasteiger charge is -2.05. The quantitative estimate of drug-likeness (QED) is 0.684. The SMILES string of the molecule is CCCNC(=O)CCNc1nc(N)nc(Cl)n1. The van der Waals surface area contributed by atoms with Crippen LogP contribution >= 0.6 is 11.6 Å². The number of nitrogens with one attached hydrogen (secondary N) is 2. The number of amides is 1. The number of nitrogens with zero attached hydrogens (tertiary/aromatic N) is 3. The molecule has 1 amide bonds. The Morgan fingerprint density at radius 3 is 2.76 bits per heavy atom. The monoisotopic (exact) mass is 258 g/mol. The predicted octanol–water partition coefficient (Wildman–Crippen LogP) is 0.435. The first kappa shape index (κ1) is 13.4. The number of anilines is 2. The van der Waals surface area contributed by atoms with Gasteiger partial charge in [0, 0.05) is 19.5 Å². The number of hydrogen-bond acceptors (Lipinski definition) is 6. The van der Waals surface area contributed by atoms with Gasteiger partial charge in [0.25, 0.3) is 0 Å². The van der Waals surface area contributed by atoms with Crippen LogP contribution in [-0.4, -0.2) is 33.9 Å². The fourth-order valence-electron chi connectivity index (χ4n) is 1.09. The highest BCUT2D eigenvalue weighted by Gasteiger charge is 2.03. The van der Waals surface area contributed by atoms with Crippen molar-refractivity contribution in [1.82, 2.24) is 20.3 Å². The number of rotatable bonds is 6. The van der Waals surface area contributed by atoms with Crippen molar-refractivity contribution in [3.8, 4) is 0 Å². The van der Waals surface area contributed by atoms with E-state index >= 15 is 0 Å². The van der Waals surface area contributed by atoms with Gasteiger partial charge in [-0.1, -0.05) is 6.92 Å². The van der Waals surface area contributed by atoms with E-state index in [4.69, 9.17) is 17.3 Å². The predicted molar refractivity (Wildman–Crippen MR) is 65.7 cm³/mol. The zero-order valence-corrected chi connectivity index (χ0v) is 10.3. The minimum atomic E-state index is -0.0209. The molecule has 4 N–H and O–H groups in total. The molecule has 94 valence electrons. The second-order valence-corrected chi connectivity index (χ2v) is 3.65. The molecule has 0 saturated carbocycles. The van der Waals surface area contributed by atoms with Gasteiger partial charge in [-0.05, 0) is 18.0 Å². The highest BCUT2D eigenvalue weighted by atomic mass is 35.5. The fourth-order valence-corrected chi connectivity index (χ4v) is 1.25. The lowest BCUT2D eigenvalue weighted by atomic mass is 10.4. The number of nitrogens with two attached hydrogens (primary N) is 1. The second kappa shape index (κ2) is 6.85. The van der Waals surface area contributed by atoms with Crippen molar-refractivity contribution in [3.05, 3.63) is 5.28 Å². The third-order valence-corrected chi connectivity index (χ3v) is 2.00. The number of halogens is 1. The third-order valence-electron chi connectivity index (χ3n) is 1.83. The van der Waals surface area contributed by atoms with Crippen LogP contribution in [0.25, 0.3) is 0 Å². The Bertz CT molecular complexity index is 365. The van der Waals surface area contributed by atoms with Gasteiger partial charge in [0.15, 0.2) is 0 Å². The Morgan fingerprint density at radius 2 is 2.12 bits per heavy atom. The highest BCUT2D eigenvalue weighted by molar-refractivity contribution is 6.28. The third kappa shape index (κ3) is 5.30. The van der Waals surface area contributed by atoms with Crippen molar-refractivity contribution in [2.75, 3.05) is 24.1 Å². The van der Waals surface area contributed by atoms with Crippen LogP contribution < -0.4 is 16.4 Å². The molecule has 17 heavy (non-hydrogen) atoms. The van der Waals surface area contributed by atoms with Crippen LogP contribution in [0.4, 0.5) is 11.9 Å². The molecular weight excluding hydrogens is 244 g/mol. The molecule has 1 aromatic heterocycles. The van der Waals surface area contributed by atoms with Gasteiger partial charge < -0.3 is 16.4 Å². The van der Waals surface area contributed by atoms with Gasteiger partial charge in [-0.3, -0.25) is 4.79 Å². The maximum Gasteiger partial charge on any atom is 0.228 e. The van der Waals surface area contributed by atoms with Gasteiger partial charge in [0.05, 0.1) is 0 Å². The topological polar surface area (TPSA) is 106 Å². The fraction of sp³-hybridized carbons (Fsp3) is 0.556. The minimum Gasteiger partial charge on any atom is -0.368 e. The molecule has 0 aliphatic rings. The molecule has 1 heterocycles. The molecule has 0 bridgehead atoms. The van der Waals surface area contributed by atoms with E-state index in [2.05, 4.69) is 25.6 Å². The van der Waals surface area contributed by atoms with Gasteiger partial charge in [-0.2, -0.15) is 15.0 Å². The van der Waals surface area contributed by atoms with E-state index in [1.54, 1.807) is 0 Å². The Labute approximate surface area is 104 Å². The van der Waals surface area contributed by atoms with Crippen LogP contribution in [0.2, 0.25) is 5.28 Å². The van der Waals surface area contributed by atoms with Gasteiger partial charge in [0.2, 0.25) is 23.1 Å². The largest absolute Gasteiger partial charge is 0.368 e. The van der Waals surface area contributed by atoms with Crippen molar-refractivity contribution in [2.24, 2.45) is 0 Å². The number of aromatic nitrogens is 3. The number of carbonyl (C=O) groups excluding carboxylic acids is 1. The molecule has 0 fully saturated rings. The molecule has 1 aromatic rings. The summed E-state index contributed by atoms with van der Waals surface area (Å²) in [5, 5.41) is 5.63. The average molecular weight is 259 g/mol. The van der Waals surface area contributed by atoms with Gasteiger partial charge >= 0.3 is 0 Å². The summed E-state index contributed by atoms with van der Waals surface area (Å²) in [6.45, 7) is 3.09. The van der Waals surface area contributed by atoms with Crippen LogP contribution in [0.3, 0.4) is 0 Å². The molecule has 0 aromatic carbocycles. The summed E-state index contributed by atoms with van der Waals surface area (Å²) in [5.74, 6) is 0.293. The second-order valence-electron chi connectivity index (χ2n) is 3.31. The molecule has 7 nitrogen and oxygen atoms in total. The molecule has 1 rings (SSSR count). The first-order valence-corrected chi connectivity index (χ1v) is 5.67. The smallest absolute Gasteiger partial charge is 0.228 e. The van der Waals surface area contributed by atoms with Crippen LogP contribution in [0.1, 0.15) is 19.8 Å². The molecule has 0 radical (unpaired) electrons. The Kier molecular flexibility index (Phi) is 5.41. The average Bonchev–Trinajstić information content (AvgIpc) is 2.25. The van der Waals surface area contributed by atoms with Crippen molar-refractivity contribution in [2.45, 2.75) is 19.8 Å². The summed E-state index contributed by atoms with van der Waals surface area (Å²) in [6, 6.07) is 0. The zero-order valence-electron chi connectivity index (χ0n) is 9.53. The normalized spacial score (nSPS) is 10.0. The number of nitrogen functional groups attached to an aromatic ring is 1. The maximum absolute atomic E-state index is 11.3. The first-order chi connectivity index (χ1) is 8.11.